The van der Waals surface area contributed by atoms with E-state index in [1.165, 1.54) is 28.8 Å². The summed E-state index contributed by atoms with van der Waals surface area (Å²) in [5.74, 6) is -0.280. The van der Waals surface area contributed by atoms with Crippen LogP contribution in [-0.2, 0) is 31.3 Å². The average Bonchev–Trinajstić information content (AvgIpc) is 3.22. The molecule has 0 aliphatic carbocycles. The Bertz CT molecular complexity index is 1220. The van der Waals surface area contributed by atoms with Gasteiger partial charge in [0.1, 0.15) is 0 Å². The minimum atomic E-state index is -3.56. The Balaban J connectivity index is 1.45. The van der Waals surface area contributed by atoms with Crippen LogP contribution in [0, 0.1) is 5.92 Å². The van der Waals surface area contributed by atoms with E-state index in [1.807, 2.05) is 0 Å². The van der Waals surface area contributed by atoms with Gasteiger partial charge in [-0.1, -0.05) is 18.2 Å². The SMILES string of the molecule is CN(C)S(=O)(=O)c1ccc2c(c1)CCN2C(=O)C1CCN(S(=O)(=O)c2ccccc2)CC1. The highest BCUT2D eigenvalue weighted by Crippen LogP contribution is 2.34. The zero-order chi connectivity index (χ0) is 23.1. The molecular weight excluding hydrogens is 450 g/mol. The van der Waals surface area contributed by atoms with Crippen molar-refractivity contribution < 1.29 is 21.6 Å². The van der Waals surface area contributed by atoms with Crippen LogP contribution in [-0.4, -0.2) is 65.1 Å². The van der Waals surface area contributed by atoms with Gasteiger partial charge in [-0.25, -0.2) is 21.1 Å². The molecule has 4 rings (SSSR count). The minimum Gasteiger partial charge on any atom is -0.312 e. The zero-order valence-electron chi connectivity index (χ0n) is 18.1. The number of carbonyl (C=O) groups excluding carboxylic acids is 1. The topological polar surface area (TPSA) is 95.1 Å². The number of amides is 1. The molecular formula is C22H27N3O5S2. The van der Waals surface area contributed by atoms with Crippen molar-refractivity contribution >= 4 is 31.6 Å². The fourth-order valence-corrected chi connectivity index (χ4v) is 6.73. The second-order valence-corrected chi connectivity index (χ2v) is 12.4. The highest BCUT2D eigenvalue weighted by atomic mass is 32.2. The lowest BCUT2D eigenvalue weighted by atomic mass is 9.96. The summed E-state index contributed by atoms with van der Waals surface area (Å²) in [6.07, 6.45) is 1.52. The van der Waals surface area contributed by atoms with Crippen molar-refractivity contribution in [3.63, 3.8) is 0 Å². The van der Waals surface area contributed by atoms with Crippen LogP contribution in [0.3, 0.4) is 0 Å². The van der Waals surface area contributed by atoms with Gasteiger partial charge in [-0.15, -0.1) is 0 Å². The van der Waals surface area contributed by atoms with Crippen LogP contribution in [0.25, 0.3) is 0 Å². The number of hydrogen-bond donors (Lipinski definition) is 0. The molecule has 2 aromatic rings. The van der Waals surface area contributed by atoms with Crippen LogP contribution in [0.1, 0.15) is 18.4 Å². The lowest BCUT2D eigenvalue weighted by Gasteiger charge is -2.32. The molecule has 2 aliphatic heterocycles. The standard InChI is InChI=1S/C22H27N3O5S2/c1-23(2)31(27,28)20-8-9-21-18(16-20)12-15-25(21)22(26)17-10-13-24(14-11-17)32(29,30)19-6-4-3-5-7-19/h3-9,16-17H,10-15H2,1-2H3. The largest absolute Gasteiger partial charge is 0.312 e. The molecule has 32 heavy (non-hydrogen) atoms. The molecule has 0 spiro atoms. The second-order valence-electron chi connectivity index (χ2n) is 8.31. The van der Waals surface area contributed by atoms with Crippen LogP contribution < -0.4 is 4.90 Å². The third-order valence-corrected chi connectivity index (χ3v) is 9.90. The van der Waals surface area contributed by atoms with Crippen molar-refractivity contribution in [3.8, 4) is 0 Å². The smallest absolute Gasteiger partial charge is 0.243 e. The maximum atomic E-state index is 13.2. The Morgan fingerprint density at radius 2 is 1.56 bits per heavy atom. The maximum absolute atomic E-state index is 13.2. The van der Waals surface area contributed by atoms with Crippen LogP contribution in [0.2, 0.25) is 0 Å². The first kappa shape index (κ1) is 22.9. The van der Waals surface area contributed by atoms with E-state index in [0.717, 1.165) is 11.3 Å². The summed E-state index contributed by atoms with van der Waals surface area (Å²) < 4.78 is 53.1. The second kappa shape index (κ2) is 8.58. The summed E-state index contributed by atoms with van der Waals surface area (Å²) in [4.78, 5) is 15.4. The van der Waals surface area contributed by atoms with E-state index in [2.05, 4.69) is 0 Å². The van der Waals surface area contributed by atoms with E-state index >= 15 is 0 Å². The van der Waals surface area contributed by atoms with E-state index in [9.17, 15) is 21.6 Å². The van der Waals surface area contributed by atoms with E-state index in [1.54, 1.807) is 47.4 Å². The lowest BCUT2D eigenvalue weighted by Crippen LogP contribution is -2.44. The molecule has 10 heteroatoms. The van der Waals surface area contributed by atoms with Gasteiger partial charge in [0.25, 0.3) is 0 Å². The summed E-state index contributed by atoms with van der Waals surface area (Å²) in [6, 6.07) is 13.2. The van der Waals surface area contributed by atoms with Gasteiger partial charge in [0, 0.05) is 45.3 Å². The van der Waals surface area contributed by atoms with E-state index in [4.69, 9.17) is 0 Å². The Labute approximate surface area is 189 Å². The Morgan fingerprint density at radius 1 is 0.906 bits per heavy atom. The molecule has 0 aromatic heterocycles. The number of fused-ring (bicyclic) bond motifs is 1. The third-order valence-electron chi connectivity index (χ3n) is 6.18. The van der Waals surface area contributed by atoms with Gasteiger partial charge >= 0.3 is 0 Å². The zero-order valence-corrected chi connectivity index (χ0v) is 19.8. The van der Waals surface area contributed by atoms with Crippen molar-refractivity contribution in [3.05, 3.63) is 54.1 Å². The fourth-order valence-electron chi connectivity index (χ4n) is 4.28. The summed E-state index contributed by atoms with van der Waals surface area (Å²) in [5, 5.41) is 0. The summed E-state index contributed by atoms with van der Waals surface area (Å²) in [6.45, 7) is 1.10. The molecule has 0 bridgehead atoms. The highest BCUT2D eigenvalue weighted by molar-refractivity contribution is 7.89. The fraction of sp³-hybridized carbons (Fsp3) is 0.409. The molecule has 1 amide bonds. The molecule has 0 N–H and O–H groups in total. The molecule has 0 atom stereocenters. The summed E-state index contributed by atoms with van der Waals surface area (Å²) >= 11 is 0. The summed E-state index contributed by atoms with van der Waals surface area (Å²) in [7, 11) is -4.11. The molecule has 0 saturated carbocycles. The molecule has 2 heterocycles. The maximum Gasteiger partial charge on any atom is 0.243 e. The van der Waals surface area contributed by atoms with Crippen molar-refractivity contribution in [2.45, 2.75) is 29.1 Å². The predicted octanol–water partition coefficient (Wildman–Crippen LogP) is 1.93. The number of anilines is 1. The van der Waals surface area contributed by atoms with Gasteiger partial charge in [0.05, 0.1) is 9.79 Å². The molecule has 8 nitrogen and oxygen atoms in total. The molecule has 1 saturated heterocycles. The summed E-state index contributed by atoms with van der Waals surface area (Å²) in [5.41, 5.74) is 1.58. The lowest BCUT2D eigenvalue weighted by molar-refractivity contribution is -0.123. The Morgan fingerprint density at radius 3 is 2.19 bits per heavy atom. The number of hydrogen-bond acceptors (Lipinski definition) is 5. The molecule has 2 aromatic carbocycles. The van der Waals surface area contributed by atoms with Crippen LogP contribution >= 0.6 is 0 Å². The molecule has 1 fully saturated rings. The Hall–Kier alpha value is -2.27. The van der Waals surface area contributed by atoms with Gasteiger partial charge in [-0.3, -0.25) is 4.79 Å². The predicted molar refractivity (Wildman–Crippen MR) is 121 cm³/mol. The first-order valence-electron chi connectivity index (χ1n) is 10.5. The van der Waals surface area contributed by atoms with Gasteiger partial charge in [-0.05, 0) is 55.2 Å². The Kier molecular flexibility index (Phi) is 6.15. The normalized spacial score (nSPS) is 18.2. The molecule has 0 unspecified atom stereocenters. The van der Waals surface area contributed by atoms with Crippen molar-refractivity contribution in [2.24, 2.45) is 5.92 Å². The van der Waals surface area contributed by atoms with E-state index < -0.39 is 20.0 Å². The number of rotatable bonds is 5. The number of benzene rings is 2. The van der Waals surface area contributed by atoms with Gasteiger partial charge in [0.15, 0.2) is 0 Å². The number of sulfonamides is 2. The van der Waals surface area contributed by atoms with E-state index in [-0.39, 0.29) is 21.6 Å². The third kappa shape index (κ3) is 4.07. The first-order valence-corrected chi connectivity index (χ1v) is 13.4. The van der Waals surface area contributed by atoms with Crippen molar-refractivity contribution in [1.82, 2.24) is 8.61 Å². The highest BCUT2D eigenvalue weighted by Gasteiger charge is 2.36. The molecule has 0 radical (unpaired) electrons. The molecule has 2 aliphatic rings. The van der Waals surface area contributed by atoms with Crippen molar-refractivity contribution in [2.75, 3.05) is 38.6 Å². The average molecular weight is 478 g/mol. The van der Waals surface area contributed by atoms with E-state index in [0.29, 0.717) is 38.9 Å². The quantitative estimate of drug-likeness (QED) is 0.656. The van der Waals surface area contributed by atoms with Crippen LogP contribution in [0.15, 0.2) is 58.3 Å². The molecule has 172 valence electrons. The minimum absolute atomic E-state index is 0.0243. The van der Waals surface area contributed by atoms with Gasteiger partial charge in [0.2, 0.25) is 26.0 Å². The van der Waals surface area contributed by atoms with Gasteiger partial charge in [-0.2, -0.15) is 4.31 Å². The monoisotopic (exact) mass is 477 g/mol. The number of carbonyl (C=O) groups is 1. The van der Waals surface area contributed by atoms with Crippen LogP contribution in [0.4, 0.5) is 5.69 Å². The first-order chi connectivity index (χ1) is 15.1. The number of piperidine rings is 1. The van der Waals surface area contributed by atoms with Crippen LogP contribution in [0.5, 0.6) is 0 Å². The number of nitrogens with zero attached hydrogens (tertiary/aromatic N) is 3. The van der Waals surface area contributed by atoms with Crippen molar-refractivity contribution in [1.29, 1.82) is 0 Å². The van der Waals surface area contributed by atoms with Gasteiger partial charge < -0.3 is 4.90 Å².